The van der Waals surface area contributed by atoms with E-state index in [-0.39, 0.29) is 17.6 Å². The molecule has 4 N–H and O–H groups in total. The summed E-state index contributed by atoms with van der Waals surface area (Å²) in [6.45, 7) is 2.51. The number of phenols is 1. The average Bonchev–Trinajstić information content (AvgIpc) is 2.83. The van der Waals surface area contributed by atoms with Crippen LogP contribution in [0.1, 0.15) is 60.8 Å². The van der Waals surface area contributed by atoms with E-state index in [0.717, 1.165) is 53.6 Å². The van der Waals surface area contributed by atoms with Crippen molar-refractivity contribution in [2.45, 2.75) is 57.4 Å². The van der Waals surface area contributed by atoms with Crippen LogP contribution in [-0.2, 0) is 16.8 Å². The first-order valence-electron chi connectivity index (χ1n) is 10.0. The lowest BCUT2D eigenvalue weighted by Crippen LogP contribution is -2.43. The van der Waals surface area contributed by atoms with Gasteiger partial charge in [-0.2, -0.15) is 0 Å². The molecule has 0 bridgehead atoms. The third-order valence-electron chi connectivity index (χ3n) is 6.61. The number of benzene rings is 2. The lowest BCUT2D eigenvalue weighted by Gasteiger charge is -2.36. The number of carbonyl (C=O) groups is 1. The van der Waals surface area contributed by atoms with Crippen LogP contribution in [0.15, 0.2) is 36.4 Å². The number of nitrogens with one attached hydrogen (secondary N) is 1. The maximum atomic E-state index is 13.6. The Balaban J connectivity index is 1.96. The van der Waals surface area contributed by atoms with Crippen LogP contribution < -0.4 is 11.1 Å². The van der Waals surface area contributed by atoms with E-state index in [2.05, 4.69) is 17.4 Å². The first kappa shape index (κ1) is 18.1. The summed E-state index contributed by atoms with van der Waals surface area (Å²) in [4.78, 5) is 13.6. The van der Waals surface area contributed by atoms with Gasteiger partial charge < -0.3 is 16.2 Å². The molecule has 27 heavy (non-hydrogen) atoms. The van der Waals surface area contributed by atoms with Crippen molar-refractivity contribution in [1.29, 1.82) is 0 Å². The van der Waals surface area contributed by atoms with E-state index >= 15 is 0 Å². The quantitative estimate of drug-likeness (QED) is 0.708. The molecule has 1 saturated carbocycles. The molecule has 4 heteroatoms. The Kier molecular flexibility index (Phi) is 4.68. The van der Waals surface area contributed by atoms with Crippen molar-refractivity contribution in [3.63, 3.8) is 0 Å². The number of rotatable bonds is 3. The molecule has 4 nitrogen and oxygen atoms in total. The molecule has 1 heterocycles. The van der Waals surface area contributed by atoms with Gasteiger partial charge in [-0.15, -0.1) is 0 Å². The van der Waals surface area contributed by atoms with Gasteiger partial charge in [-0.3, -0.25) is 4.79 Å². The molecule has 1 amide bonds. The second kappa shape index (κ2) is 7.01. The van der Waals surface area contributed by atoms with Crippen molar-refractivity contribution in [1.82, 2.24) is 0 Å². The molecule has 2 aromatic carbocycles. The highest BCUT2D eigenvalue weighted by Crippen LogP contribution is 2.52. The van der Waals surface area contributed by atoms with Gasteiger partial charge in [0.2, 0.25) is 5.91 Å². The van der Waals surface area contributed by atoms with Crippen LogP contribution in [0.5, 0.6) is 5.75 Å². The minimum atomic E-state index is -0.689. The van der Waals surface area contributed by atoms with Gasteiger partial charge in [0.15, 0.2) is 0 Å². The van der Waals surface area contributed by atoms with Gasteiger partial charge in [0.05, 0.1) is 0 Å². The number of phenolic OH excluding ortho intramolecular Hbond substituents is 1. The summed E-state index contributed by atoms with van der Waals surface area (Å²) >= 11 is 0. The SMILES string of the molecule is Cc1c(CN)ccc2c1NC(=O)C2(c1ccc(O)cc1)C1CCCCCC1. The largest absolute Gasteiger partial charge is 0.508 e. The molecule has 1 aliphatic heterocycles. The standard InChI is InChI=1S/C23H28N2O2/c1-15-16(14-24)8-13-20-21(15)25-22(27)23(20,17-6-4-2-3-5-7-17)18-9-11-19(26)12-10-18/h8-13,17,26H,2-7,14,24H2,1H3,(H,25,27). The van der Waals surface area contributed by atoms with Gasteiger partial charge in [-0.1, -0.05) is 49.9 Å². The first-order valence-corrected chi connectivity index (χ1v) is 10.0. The number of nitrogens with two attached hydrogens (primary N) is 1. The van der Waals surface area contributed by atoms with Crippen LogP contribution in [0.4, 0.5) is 5.69 Å². The highest BCUT2D eigenvalue weighted by atomic mass is 16.3. The minimum Gasteiger partial charge on any atom is -0.508 e. The van der Waals surface area contributed by atoms with E-state index < -0.39 is 5.41 Å². The van der Waals surface area contributed by atoms with Gasteiger partial charge >= 0.3 is 0 Å². The molecular weight excluding hydrogens is 336 g/mol. The maximum Gasteiger partial charge on any atom is 0.239 e. The molecule has 0 saturated heterocycles. The number of amides is 1. The summed E-state index contributed by atoms with van der Waals surface area (Å²) in [5.74, 6) is 0.546. The fraction of sp³-hybridized carbons (Fsp3) is 0.435. The van der Waals surface area contributed by atoms with Gasteiger partial charge in [0.25, 0.3) is 0 Å². The van der Waals surface area contributed by atoms with Crippen LogP contribution >= 0.6 is 0 Å². The monoisotopic (exact) mass is 364 g/mol. The molecule has 4 rings (SSSR count). The third-order valence-corrected chi connectivity index (χ3v) is 6.61. The maximum absolute atomic E-state index is 13.6. The van der Waals surface area contributed by atoms with Crippen LogP contribution in [0.2, 0.25) is 0 Å². The second-order valence-corrected chi connectivity index (χ2v) is 7.97. The summed E-state index contributed by atoms with van der Waals surface area (Å²) in [7, 11) is 0. The van der Waals surface area contributed by atoms with E-state index in [1.165, 1.54) is 12.8 Å². The van der Waals surface area contributed by atoms with Crippen molar-refractivity contribution < 1.29 is 9.90 Å². The zero-order chi connectivity index (χ0) is 19.0. The number of anilines is 1. The zero-order valence-corrected chi connectivity index (χ0v) is 15.9. The van der Waals surface area contributed by atoms with Gasteiger partial charge in [-0.25, -0.2) is 0 Å². The van der Waals surface area contributed by atoms with Crippen LogP contribution in [0.25, 0.3) is 0 Å². The summed E-state index contributed by atoms with van der Waals surface area (Å²) in [6, 6.07) is 11.4. The Morgan fingerprint density at radius 2 is 1.74 bits per heavy atom. The highest BCUT2D eigenvalue weighted by Gasteiger charge is 2.53. The van der Waals surface area contributed by atoms with E-state index in [4.69, 9.17) is 5.73 Å². The van der Waals surface area contributed by atoms with E-state index in [1.807, 2.05) is 19.1 Å². The molecule has 0 radical (unpaired) electrons. The molecule has 2 aromatic rings. The van der Waals surface area contributed by atoms with Crippen molar-refractivity contribution in [2.24, 2.45) is 11.7 Å². The summed E-state index contributed by atoms with van der Waals surface area (Å²) in [6.07, 6.45) is 6.89. The summed E-state index contributed by atoms with van der Waals surface area (Å²) in [5, 5.41) is 13.0. The molecular formula is C23H28N2O2. The third kappa shape index (κ3) is 2.74. The molecule has 1 fully saturated rings. The van der Waals surface area contributed by atoms with Gasteiger partial charge in [0, 0.05) is 12.2 Å². The molecule has 1 unspecified atom stereocenters. The summed E-state index contributed by atoms with van der Waals surface area (Å²) < 4.78 is 0. The first-order chi connectivity index (χ1) is 13.1. The molecule has 142 valence electrons. The average molecular weight is 364 g/mol. The second-order valence-electron chi connectivity index (χ2n) is 7.97. The number of fused-ring (bicyclic) bond motifs is 1. The van der Waals surface area contributed by atoms with Crippen molar-refractivity contribution >= 4 is 11.6 Å². The predicted octanol–water partition coefficient (Wildman–Crippen LogP) is 4.37. The van der Waals surface area contributed by atoms with Crippen molar-refractivity contribution in [3.8, 4) is 5.75 Å². The normalized spacial score (nSPS) is 23.0. The Labute approximate surface area is 160 Å². The number of hydrogen-bond acceptors (Lipinski definition) is 3. The van der Waals surface area contributed by atoms with E-state index in [9.17, 15) is 9.90 Å². The highest BCUT2D eigenvalue weighted by molar-refractivity contribution is 6.09. The van der Waals surface area contributed by atoms with E-state index in [1.54, 1.807) is 12.1 Å². The van der Waals surface area contributed by atoms with Crippen molar-refractivity contribution in [2.75, 3.05) is 5.32 Å². The smallest absolute Gasteiger partial charge is 0.239 e. The Hall–Kier alpha value is -2.33. The number of carbonyl (C=O) groups excluding carboxylic acids is 1. The molecule has 1 atom stereocenters. The zero-order valence-electron chi connectivity index (χ0n) is 15.9. The fourth-order valence-electron chi connectivity index (χ4n) is 5.16. The number of aromatic hydroxyl groups is 1. The Bertz CT molecular complexity index is 851. The van der Waals surface area contributed by atoms with Crippen LogP contribution in [-0.4, -0.2) is 11.0 Å². The molecule has 0 aromatic heterocycles. The van der Waals surface area contributed by atoms with Gasteiger partial charge in [-0.05, 0) is 60.1 Å². The minimum absolute atomic E-state index is 0.0624. The lowest BCUT2D eigenvalue weighted by atomic mass is 9.63. The van der Waals surface area contributed by atoms with Crippen LogP contribution in [0, 0.1) is 12.8 Å². The number of hydrogen-bond donors (Lipinski definition) is 3. The van der Waals surface area contributed by atoms with Crippen LogP contribution in [0.3, 0.4) is 0 Å². The topological polar surface area (TPSA) is 75.3 Å². The van der Waals surface area contributed by atoms with E-state index in [0.29, 0.717) is 6.54 Å². The summed E-state index contributed by atoms with van der Waals surface area (Å²) in [5.41, 5.74) is 10.3. The Morgan fingerprint density at radius 3 is 2.37 bits per heavy atom. The fourth-order valence-corrected chi connectivity index (χ4v) is 5.16. The van der Waals surface area contributed by atoms with Gasteiger partial charge in [0.1, 0.15) is 11.2 Å². The van der Waals surface area contributed by atoms with Crippen molar-refractivity contribution in [3.05, 3.63) is 58.7 Å². The molecule has 1 aliphatic carbocycles. The molecule has 2 aliphatic rings. The lowest BCUT2D eigenvalue weighted by molar-refractivity contribution is -0.121. The Morgan fingerprint density at radius 1 is 1.07 bits per heavy atom. The molecule has 0 spiro atoms. The predicted molar refractivity (Wildman–Crippen MR) is 108 cm³/mol.